The first kappa shape index (κ1) is 21.0. The Morgan fingerprint density at radius 2 is 1.93 bits per heavy atom. The molecule has 1 N–H and O–H groups in total. The summed E-state index contributed by atoms with van der Waals surface area (Å²) in [4.78, 5) is 12.9. The second-order valence-corrected chi connectivity index (χ2v) is 8.62. The average Bonchev–Trinajstić information content (AvgIpc) is 3.15. The summed E-state index contributed by atoms with van der Waals surface area (Å²) >= 11 is 1.35. The maximum absolute atomic E-state index is 12.9. The fraction of sp³-hybridized carbons (Fsp3) is 0.364. The number of amides is 1. The Kier molecular flexibility index (Phi) is 6.69. The molecule has 1 amide bonds. The van der Waals surface area contributed by atoms with Gasteiger partial charge in [0, 0.05) is 5.69 Å². The molecule has 1 heterocycles. The van der Waals surface area contributed by atoms with Gasteiger partial charge in [-0.2, -0.15) is 4.68 Å². The first-order chi connectivity index (χ1) is 13.9. The zero-order valence-electron chi connectivity index (χ0n) is 17.5. The van der Waals surface area contributed by atoms with Crippen LogP contribution < -0.4 is 5.32 Å². The van der Waals surface area contributed by atoms with Gasteiger partial charge in [-0.25, -0.2) is 0 Å². The molecule has 1 aromatic heterocycles. The Morgan fingerprint density at radius 3 is 2.66 bits per heavy atom. The number of rotatable bonds is 7. The highest BCUT2D eigenvalue weighted by molar-refractivity contribution is 8.00. The molecule has 0 unspecified atom stereocenters. The molecular weight excluding hydrogens is 382 g/mol. The van der Waals surface area contributed by atoms with Crippen LogP contribution >= 0.6 is 11.8 Å². The number of nitrogens with one attached hydrogen (secondary N) is 1. The van der Waals surface area contributed by atoms with E-state index in [-0.39, 0.29) is 11.2 Å². The standard InChI is InChI=1S/C22H27N5OS/c1-6-15(3)18-9-7-8-10-19(18)23-21(28)17(5)29-22-24-25-26-27(22)20-12-11-14(2)13-16(20)4/h7-13,15,17H,6H2,1-5H3,(H,23,28)/t15-,17+/m0/s1. The van der Waals surface area contributed by atoms with Crippen molar-refractivity contribution in [2.24, 2.45) is 0 Å². The third kappa shape index (κ3) is 4.85. The number of tetrazole rings is 1. The zero-order chi connectivity index (χ0) is 21.0. The number of carbonyl (C=O) groups is 1. The van der Waals surface area contributed by atoms with E-state index in [1.54, 1.807) is 4.68 Å². The predicted octanol–water partition coefficient (Wildman–Crippen LogP) is 4.91. The van der Waals surface area contributed by atoms with E-state index in [0.717, 1.165) is 28.9 Å². The highest BCUT2D eigenvalue weighted by Gasteiger charge is 2.21. The van der Waals surface area contributed by atoms with Gasteiger partial charge in [-0.05, 0) is 66.8 Å². The lowest BCUT2D eigenvalue weighted by molar-refractivity contribution is -0.115. The van der Waals surface area contributed by atoms with Crippen molar-refractivity contribution in [2.75, 3.05) is 5.32 Å². The summed E-state index contributed by atoms with van der Waals surface area (Å²) in [5.41, 5.74) is 5.20. The summed E-state index contributed by atoms with van der Waals surface area (Å²) in [5.74, 6) is 0.312. The van der Waals surface area contributed by atoms with Crippen LogP contribution in [0.25, 0.3) is 5.69 Å². The van der Waals surface area contributed by atoms with E-state index in [1.165, 1.54) is 17.3 Å². The van der Waals surface area contributed by atoms with E-state index >= 15 is 0 Å². The minimum atomic E-state index is -0.351. The molecule has 0 aliphatic rings. The topological polar surface area (TPSA) is 72.7 Å². The first-order valence-corrected chi connectivity index (χ1v) is 10.7. The molecule has 0 aliphatic carbocycles. The monoisotopic (exact) mass is 409 g/mol. The zero-order valence-corrected chi connectivity index (χ0v) is 18.3. The minimum Gasteiger partial charge on any atom is -0.325 e. The van der Waals surface area contributed by atoms with E-state index in [9.17, 15) is 4.79 Å². The number of hydrogen-bond acceptors (Lipinski definition) is 5. The summed E-state index contributed by atoms with van der Waals surface area (Å²) < 4.78 is 1.69. The van der Waals surface area contributed by atoms with Gasteiger partial charge in [-0.15, -0.1) is 5.10 Å². The molecule has 0 saturated carbocycles. The predicted molar refractivity (Wildman–Crippen MR) is 118 cm³/mol. The normalized spacial score (nSPS) is 13.1. The Balaban J connectivity index is 1.76. The molecule has 3 rings (SSSR count). The number of carbonyl (C=O) groups excluding carboxylic acids is 1. The third-order valence-electron chi connectivity index (χ3n) is 5.03. The van der Waals surface area contributed by atoms with Crippen LogP contribution in [0.3, 0.4) is 0 Å². The number of nitrogens with zero attached hydrogens (tertiary/aromatic N) is 4. The minimum absolute atomic E-state index is 0.0686. The van der Waals surface area contributed by atoms with E-state index in [1.807, 2.05) is 44.2 Å². The van der Waals surface area contributed by atoms with Gasteiger partial charge in [0.25, 0.3) is 0 Å². The van der Waals surface area contributed by atoms with Crippen LogP contribution in [-0.4, -0.2) is 31.4 Å². The molecule has 152 valence electrons. The molecule has 0 saturated heterocycles. The van der Waals surface area contributed by atoms with Crippen LogP contribution in [0.15, 0.2) is 47.6 Å². The molecule has 7 heteroatoms. The van der Waals surface area contributed by atoms with Crippen molar-refractivity contribution >= 4 is 23.4 Å². The second-order valence-electron chi connectivity index (χ2n) is 7.31. The van der Waals surface area contributed by atoms with Gasteiger partial charge in [0.2, 0.25) is 11.1 Å². The van der Waals surface area contributed by atoms with Crippen LogP contribution in [0.5, 0.6) is 0 Å². The van der Waals surface area contributed by atoms with Crippen LogP contribution in [0, 0.1) is 13.8 Å². The Morgan fingerprint density at radius 1 is 1.17 bits per heavy atom. The van der Waals surface area contributed by atoms with Crippen molar-refractivity contribution in [3.63, 3.8) is 0 Å². The number of anilines is 1. The van der Waals surface area contributed by atoms with E-state index in [4.69, 9.17) is 0 Å². The smallest absolute Gasteiger partial charge is 0.237 e. The highest BCUT2D eigenvalue weighted by atomic mass is 32.2. The van der Waals surface area contributed by atoms with Crippen molar-refractivity contribution < 1.29 is 4.79 Å². The van der Waals surface area contributed by atoms with Crippen molar-refractivity contribution in [1.29, 1.82) is 0 Å². The maximum Gasteiger partial charge on any atom is 0.237 e. The maximum atomic E-state index is 12.9. The van der Waals surface area contributed by atoms with Crippen LogP contribution in [-0.2, 0) is 4.79 Å². The summed E-state index contributed by atoms with van der Waals surface area (Å²) in [6.45, 7) is 10.3. The highest BCUT2D eigenvalue weighted by Crippen LogP contribution is 2.29. The van der Waals surface area contributed by atoms with Crippen molar-refractivity contribution in [2.45, 2.75) is 57.4 Å². The van der Waals surface area contributed by atoms with Gasteiger partial charge in [0.05, 0.1) is 10.9 Å². The summed E-state index contributed by atoms with van der Waals surface area (Å²) in [5, 5.41) is 15.4. The van der Waals surface area contributed by atoms with Gasteiger partial charge in [-0.1, -0.05) is 61.5 Å². The number of thioether (sulfide) groups is 1. The number of hydrogen-bond donors (Lipinski definition) is 1. The molecule has 0 bridgehead atoms. The lowest BCUT2D eigenvalue weighted by atomic mass is 9.97. The van der Waals surface area contributed by atoms with Gasteiger partial charge in [-0.3, -0.25) is 4.79 Å². The van der Waals surface area contributed by atoms with E-state index < -0.39 is 0 Å². The van der Waals surface area contributed by atoms with Gasteiger partial charge in [0.1, 0.15) is 0 Å². The fourth-order valence-corrected chi connectivity index (χ4v) is 3.95. The van der Waals surface area contributed by atoms with E-state index in [2.05, 4.69) is 53.7 Å². The first-order valence-electron chi connectivity index (χ1n) is 9.83. The number of benzene rings is 2. The number of para-hydroxylation sites is 1. The molecule has 29 heavy (non-hydrogen) atoms. The third-order valence-corrected chi connectivity index (χ3v) is 6.07. The largest absolute Gasteiger partial charge is 0.325 e. The van der Waals surface area contributed by atoms with Crippen LogP contribution in [0.2, 0.25) is 0 Å². The molecule has 0 aliphatic heterocycles. The summed E-state index contributed by atoms with van der Waals surface area (Å²) in [7, 11) is 0. The molecule has 0 radical (unpaired) electrons. The number of aromatic nitrogens is 4. The fourth-order valence-electron chi connectivity index (χ4n) is 3.15. The lowest BCUT2D eigenvalue weighted by Crippen LogP contribution is -2.23. The summed E-state index contributed by atoms with van der Waals surface area (Å²) in [6.07, 6.45) is 1.02. The second kappa shape index (κ2) is 9.22. The lowest BCUT2D eigenvalue weighted by Gasteiger charge is -2.17. The van der Waals surface area contributed by atoms with Crippen LogP contribution in [0.4, 0.5) is 5.69 Å². The SMILES string of the molecule is CC[C@H](C)c1ccccc1NC(=O)[C@@H](C)Sc1nnnn1-c1ccc(C)cc1C. The van der Waals surface area contributed by atoms with Crippen molar-refractivity contribution in [1.82, 2.24) is 20.2 Å². The Hall–Kier alpha value is -2.67. The van der Waals surface area contributed by atoms with Crippen molar-refractivity contribution in [3.8, 4) is 5.69 Å². The Labute approximate surface area is 176 Å². The van der Waals surface area contributed by atoms with Crippen LogP contribution in [0.1, 0.15) is 49.8 Å². The molecule has 2 aromatic carbocycles. The average molecular weight is 410 g/mol. The molecular formula is C22H27N5OS. The molecule has 0 fully saturated rings. The van der Waals surface area contributed by atoms with Gasteiger partial charge in [0.15, 0.2) is 0 Å². The summed E-state index contributed by atoms with van der Waals surface area (Å²) in [6, 6.07) is 14.1. The van der Waals surface area contributed by atoms with Gasteiger partial charge >= 0.3 is 0 Å². The molecule has 0 spiro atoms. The van der Waals surface area contributed by atoms with Crippen molar-refractivity contribution in [3.05, 3.63) is 59.2 Å². The molecule has 6 nitrogen and oxygen atoms in total. The molecule has 3 aromatic rings. The quantitative estimate of drug-likeness (QED) is 0.561. The number of aryl methyl sites for hydroxylation is 2. The van der Waals surface area contributed by atoms with Gasteiger partial charge < -0.3 is 5.32 Å². The Bertz CT molecular complexity index is 1000. The molecule has 2 atom stereocenters. The van der Waals surface area contributed by atoms with E-state index in [0.29, 0.717) is 11.1 Å².